The number of morpholine rings is 1. The molecular formula is C14H18BrNO5. The molecule has 1 unspecified atom stereocenters. The number of hydrogen-bond acceptors (Lipinski definition) is 5. The number of aliphatic carboxylic acids is 1. The van der Waals surface area contributed by atoms with Crippen molar-refractivity contribution in [3.8, 4) is 11.5 Å². The number of carboxylic acids is 1. The van der Waals surface area contributed by atoms with E-state index in [-0.39, 0.29) is 6.61 Å². The molecule has 0 aliphatic carbocycles. The lowest BCUT2D eigenvalue weighted by Gasteiger charge is -2.33. The van der Waals surface area contributed by atoms with Gasteiger partial charge in [0.2, 0.25) is 0 Å². The molecule has 0 aromatic heterocycles. The van der Waals surface area contributed by atoms with Crippen molar-refractivity contribution in [1.82, 2.24) is 4.90 Å². The van der Waals surface area contributed by atoms with E-state index in [0.29, 0.717) is 31.2 Å². The summed E-state index contributed by atoms with van der Waals surface area (Å²) in [5.74, 6) is 0.382. The maximum atomic E-state index is 11.3. The molecule has 1 aliphatic rings. The maximum Gasteiger partial charge on any atom is 0.323 e. The van der Waals surface area contributed by atoms with E-state index in [0.717, 1.165) is 10.0 Å². The number of methoxy groups -OCH3 is 2. The van der Waals surface area contributed by atoms with Crippen LogP contribution in [0, 0.1) is 0 Å². The molecule has 0 saturated carbocycles. The van der Waals surface area contributed by atoms with Crippen molar-refractivity contribution in [2.24, 2.45) is 0 Å². The highest BCUT2D eigenvalue weighted by atomic mass is 79.9. The molecule has 7 heteroatoms. The number of ether oxygens (including phenoxy) is 3. The number of rotatable bonds is 5. The SMILES string of the molecule is COc1cc(Br)c(CN2CCOCC2C(=O)O)cc1OC. The first-order chi connectivity index (χ1) is 10.1. The molecule has 116 valence electrons. The Balaban J connectivity index is 2.23. The summed E-state index contributed by atoms with van der Waals surface area (Å²) in [4.78, 5) is 13.2. The zero-order valence-electron chi connectivity index (χ0n) is 12.0. The lowest BCUT2D eigenvalue weighted by molar-refractivity contribution is -0.150. The van der Waals surface area contributed by atoms with Crippen LogP contribution >= 0.6 is 15.9 Å². The average Bonchev–Trinajstić information content (AvgIpc) is 2.49. The van der Waals surface area contributed by atoms with Crippen LogP contribution < -0.4 is 9.47 Å². The van der Waals surface area contributed by atoms with E-state index in [1.165, 1.54) is 0 Å². The van der Waals surface area contributed by atoms with Gasteiger partial charge in [0.25, 0.3) is 0 Å². The minimum atomic E-state index is -0.869. The van der Waals surface area contributed by atoms with Crippen molar-refractivity contribution >= 4 is 21.9 Å². The summed E-state index contributed by atoms with van der Waals surface area (Å²) in [6.07, 6.45) is 0. The van der Waals surface area contributed by atoms with Gasteiger partial charge in [0.15, 0.2) is 11.5 Å². The van der Waals surface area contributed by atoms with Gasteiger partial charge in [-0.25, -0.2) is 0 Å². The van der Waals surface area contributed by atoms with Crippen LogP contribution in [-0.4, -0.2) is 56.0 Å². The van der Waals surface area contributed by atoms with E-state index in [4.69, 9.17) is 14.2 Å². The van der Waals surface area contributed by atoms with Crippen molar-refractivity contribution < 1.29 is 24.1 Å². The van der Waals surface area contributed by atoms with Gasteiger partial charge in [-0.2, -0.15) is 0 Å². The summed E-state index contributed by atoms with van der Waals surface area (Å²) >= 11 is 3.49. The van der Waals surface area contributed by atoms with Gasteiger partial charge in [-0.1, -0.05) is 15.9 Å². The highest BCUT2D eigenvalue weighted by Crippen LogP contribution is 2.34. The minimum absolute atomic E-state index is 0.209. The number of nitrogens with zero attached hydrogens (tertiary/aromatic N) is 1. The maximum absolute atomic E-state index is 11.3. The van der Waals surface area contributed by atoms with E-state index in [1.54, 1.807) is 14.2 Å². The van der Waals surface area contributed by atoms with Crippen molar-refractivity contribution in [2.75, 3.05) is 34.0 Å². The molecule has 1 aliphatic heterocycles. The molecule has 0 bridgehead atoms. The van der Waals surface area contributed by atoms with Crippen LogP contribution in [0.5, 0.6) is 11.5 Å². The molecule has 21 heavy (non-hydrogen) atoms. The van der Waals surface area contributed by atoms with Gasteiger partial charge >= 0.3 is 5.97 Å². The molecule has 0 spiro atoms. The third-order valence-corrected chi connectivity index (χ3v) is 4.19. The third-order valence-electron chi connectivity index (χ3n) is 3.45. The standard InChI is InChI=1S/C14H18BrNO5/c1-19-12-5-9(10(15)6-13(12)20-2)7-16-3-4-21-8-11(16)14(17)18/h5-6,11H,3-4,7-8H2,1-2H3,(H,17,18). The first-order valence-electron chi connectivity index (χ1n) is 6.51. The van der Waals surface area contributed by atoms with Crippen LogP contribution in [0.15, 0.2) is 16.6 Å². The summed E-state index contributed by atoms with van der Waals surface area (Å²) in [6.45, 7) is 1.83. The summed E-state index contributed by atoms with van der Waals surface area (Å²) in [5, 5.41) is 9.26. The normalized spacial score (nSPS) is 19.3. The molecule has 1 saturated heterocycles. The van der Waals surface area contributed by atoms with E-state index < -0.39 is 12.0 Å². The largest absolute Gasteiger partial charge is 0.493 e. The van der Waals surface area contributed by atoms with E-state index in [2.05, 4.69) is 15.9 Å². The molecule has 1 fully saturated rings. The topological polar surface area (TPSA) is 68.2 Å². The molecule has 1 aromatic carbocycles. The monoisotopic (exact) mass is 359 g/mol. The van der Waals surface area contributed by atoms with Gasteiger partial charge in [0, 0.05) is 17.6 Å². The Labute approximate surface area is 131 Å². The lowest BCUT2D eigenvalue weighted by atomic mass is 10.1. The first kappa shape index (κ1) is 16.1. The van der Waals surface area contributed by atoms with Gasteiger partial charge in [-0.05, 0) is 17.7 Å². The van der Waals surface area contributed by atoms with Crippen LogP contribution in [-0.2, 0) is 16.1 Å². The van der Waals surface area contributed by atoms with Crippen molar-refractivity contribution in [3.63, 3.8) is 0 Å². The Morgan fingerprint density at radius 3 is 2.71 bits per heavy atom. The zero-order chi connectivity index (χ0) is 15.4. The summed E-state index contributed by atoms with van der Waals surface area (Å²) in [7, 11) is 3.15. The molecule has 6 nitrogen and oxygen atoms in total. The molecule has 1 N–H and O–H groups in total. The average molecular weight is 360 g/mol. The van der Waals surface area contributed by atoms with E-state index in [9.17, 15) is 9.90 Å². The second kappa shape index (κ2) is 7.11. The van der Waals surface area contributed by atoms with Crippen LogP contribution in [0.25, 0.3) is 0 Å². The van der Waals surface area contributed by atoms with Gasteiger partial charge in [-0.15, -0.1) is 0 Å². The highest BCUT2D eigenvalue weighted by Gasteiger charge is 2.29. The smallest absolute Gasteiger partial charge is 0.323 e. The number of hydrogen-bond donors (Lipinski definition) is 1. The Hall–Kier alpha value is -1.31. The fourth-order valence-electron chi connectivity index (χ4n) is 2.29. The summed E-state index contributed by atoms with van der Waals surface area (Å²) in [5.41, 5.74) is 0.945. The zero-order valence-corrected chi connectivity index (χ0v) is 13.6. The number of carboxylic acid groups (broad SMARTS) is 1. The Bertz CT molecular complexity index is 522. The molecule has 0 amide bonds. The first-order valence-corrected chi connectivity index (χ1v) is 7.31. The number of carbonyl (C=O) groups is 1. The van der Waals surface area contributed by atoms with Crippen LogP contribution in [0.3, 0.4) is 0 Å². The van der Waals surface area contributed by atoms with Crippen molar-refractivity contribution in [3.05, 3.63) is 22.2 Å². The van der Waals surface area contributed by atoms with Crippen LogP contribution in [0.1, 0.15) is 5.56 Å². The van der Waals surface area contributed by atoms with Gasteiger partial charge in [0.1, 0.15) is 6.04 Å². The Kier molecular flexibility index (Phi) is 5.44. The molecule has 1 heterocycles. The summed E-state index contributed by atoms with van der Waals surface area (Å²) in [6, 6.07) is 3.06. The van der Waals surface area contributed by atoms with E-state index in [1.807, 2.05) is 17.0 Å². The second-order valence-electron chi connectivity index (χ2n) is 4.70. The predicted octanol–water partition coefficient (Wildman–Crippen LogP) is 1.75. The quantitative estimate of drug-likeness (QED) is 0.863. The fourth-order valence-corrected chi connectivity index (χ4v) is 2.74. The molecule has 1 aromatic rings. The number of halogens is 1. The second-order valence-corrected chi connectivity index (χ2v) is 5.55. The van der Waals surface area contributed by atoms with Crippen molar-refractivity contribution in [1.29, 1.82) is 0 Å². The lowest BCUT2D eigenvalue weighted by Crippen LogP contribution is -2.49. The Morgan fingerprint density at radius 2 is 2.10 bits per heavy atom. The molecule has 1 atom stereocenters. The predicted molar refractivity (Wildman–Crippen MR) is 79.9 cm³/mol. The van der Waals surface area contributed by atoms with Crippen LogP contribution in [0.2, 0.25) is 0 Å². The van der Waals surface area contributed by atoms with Gasteiger partial charge in [0.05, 0.1) is 27.4 Å². The molecular weight excluding hydrogens is 342 g/mol. The van der Waals surface area contributed by atoms with Gasteiger partial charge < -0.3 is 19.3 Å². The summed E-state index contributed by atoms with van der Waals surface area (Å²) < 4.78 is 16.6. The van der Waals surface area contributed by atoms with Gasteiger partial charge in [-0.3, -0.25) is 9.69 Å². The number of benzene rings is 1. The molecule has 2 rings (SSSR count). The van der Waals surface area contributed by atoms with Crippen LogP contribution in [0.4, 0.5) is 0 Å². The Morgan fingerprint density at radius 1 is 1.43 bits per heavy atom. The van der Waals surface area contributed by atoms with Crippen molar-refractivity contribution in [2.45, 2.75) is 12.6 Å². The fraction of sp³-hybridized carbons (Fsp3) is 0.500. The third kappa shape index (κ3) is 3.66. The minimum Gasteiger partial charge on any atom is -0.493 e. The van der Waals surface area contributed by atoms with E-state index >= 15 is 0 Å². The highest BCUT2D eigenvalue weighted by molar-refractivity contribution is 9.10. The molecule has 0 radical (unpaired) electrons.